The van der Waals surface area contributed by atoms with E-state index >= 15 is 0 Å². The largest absolute Gasteiger partial charge is 0.346 e. The van der Waals surface area contributed by atoms with Gasteiger partial charge in [-0.25, -0.2) is 4.68 Å². The zero-order valence-electron chi connectivity index (χ0n) is 11.5. The lowest BCUT2D eigenvalue weighted by molar-refractivity contribution is -0.664. The van der Waals surface area contributed by atoms with Gasteiger partial charge >= 0.3 is 0 Å². The van der Waals surface area contributed by atoms with Crippen molar-refractivity contribution in [2.24, 2.45) is 0 Å². The van der Waals surface area contributed by atoms with Gasteiger partial charge in [0.15, 0.2) is 5.69 Å². The number of hydrogen-bond donors (Lipinski definition) is 1. The van der Waals surface area contributed by atoms with Gasteiger partial charge in [0, 0.05) is 24.0 Å². The van der Waals surface area contributed by atoms with E-state index in [1.165, 1.54) is 0 Å². The fourth-order valence-corrected chi connectivity index (χ4v) is 3.22. The summed E-state index contributed by atoms with van der Waals surface area (Å²) in [5.41, 5.74) is 2.15. The zero-order chi connectivity index (χ0) is 14.4. The number of rotatable bonds is 1. The average molecular weight is 283 g/mol. The van der Waals surface area contributed by atoms with Crippen LogP contribution in [-0.4, -0.2) is 39.6 Å². The lowest BCUT2D eigenvalue weighted by atomic mass is 9.89. The first-order valence-corrected chi connectivity index (χ1v) is 7.22. The van der Waals surface area contributed by atoms with E-state index in [1.807, 2.05) is 16.8 Å². The number of fused-ring (bicyclic) bond motifs is 3. The highest BCUT2D eigenvalue weighted by Gasteiger charge is 2.36. The molecule has 1 saturated heterocycles. The van der Waals surface area contributed by atoms with Crippen molar-refractivity contribution in [1.29, 1.82) is 0 Å². The van der Waals surface area contributed by atoms with Crippen LogP contribution in [0.4, 0.5) is 0 Å². The standard InChI is InChI=1S/C15H14N4O2/c20-14-11-4-2-1-3-10(11)13-12(15(14)21)17-18-19(13)9-5-7-16-8-6-9/h1-4,9,16H,5-8H2/p+1. The molecule has 0 spiro atoms. The molecule has 0 unspecified atom stereocenters. The van der Waals surface area contributed by atoms with E-state index in [0.29, 0.717) is 11.3 Å². The van der Waals surface area contributed by atoms with Crippen LogP contribution in [0.1, 0.15) is 39.7 Å². The molecule has 2 heterocycles. The third-order valence-electron chi connectivity index (χ3n) is 4.30. The van der Waals surface area contributed by atoms with Crippen LogP contribution in [0.2, 0.25) is 0 Å². The minimum absolute atomic E-state index is 0.202. The molecule has 0 amide bonds. The molecule has 4 rings (SSSR count). The van der Waals surface area contributed by atoms with Gasteiger partial charge in [0.1, 0.15) is 5.69 Å². The van der Waals surface area contributed by atoms with Crippen LogP contribution in [0.5, 0.6) is 0 Å². The van der Waals surface area contributed by atoms with E-state index < -0.39 is 11.6 Å². The molecule has 1 aromatic heterocycles. The summed E-state index contributed by atoms with van der Waals surface area (Å²) in [6.07, 6.45) is 2.00. The molecule has 6 heteroatoms. The number of piperidine rings is 1. The number of Topliss-reactive ketones (excluding diaryl/α,β-unsaturated/α-hetero) is 2. The summed E-state index contributed by atoms with van der Waals surface area (Å²) in [5.74, 6) is -1.03. The fraction of sp³-hybridized carbons (Fsp3) is 0.333. The van der Waals surface area contributed by atoms with Gasteiger partial charge in [0.25, 0.3) is 5.78 Å². The summed E-state index contributed by atoms with van der Waals surface area (Å²) in [5, 5.41) is 10.5. The zero-order valence-corrected chi connectivity index (χ0v) is 11.5. The molecule has 1 fully saturated rings. The summed E-state index contributed by atoms with van der Waals surface area (Å²) < 4.78 is 1.85. The van der Waals surface area contributed by atoms with Crippen molar-refractivity contribution in [3.05, 3.63) is 35.5 Å². The monoisotopic (exact) mass is 283 g/mol. The van der Waals surface area contributed by atoms with Crippen molar-refractivity contribution < 1.29 is 14.9 Å². The SMILES string of the molecule is O=C1C(=O)c2nnn(C3CC[NH2+]CC3)c2-c2ccccc21. The molecule has 1 aromatic carbocycles. The molecule has 106 valence electrons. The number of quaternary nitrogens is 1. The number of nitrogens with two attached hydrogens (primary N) is 1. The van der Waals surface area contributed by atoms with Crippen molar-refractivity contribution >= 4 is 11.6 Å². The van der Waals surface area contributed by atoms with Crippen LogP contribution in [0.25, 0.3) is 11.3 Å². The third kappa shape index (κ3) is 1.76. The van der Waals surface area contributed by atoms with Gasteiger partial charge in [-0.2, -0.15) is 0 Å². The van der Waals surface area contributed by atoms with Gasteiger partial charge in [-0.3, -0.25) is 9.59 Å². The van der Waals surface area contributed by atoms with Crippen molar-refractivity contribution in [2.45, 2.75) is 18.9 Å². The molecule has 2 N–H and O–H groups in total. The van der Waals surface area contributed by atoms with Crippen LogP contribution in [-0.2, 0) is 0 Å². The second-order valence-electron chi connectivity index (χ2n) is 5.53. The summed E-state index contributed by atoms with van der Waals surface area (Å²) in [6, 6.07) is 7.47. The predicted octanol–water partition coefficient (Wildman–Crippen LogP) is 0.222. The quantitative estimate of drug-likeness (QED) is 0.759. The Balaban J connectivity index is 1.91. The molecule has 2 aromatic rings. The minimum atomic E-state index is -0.544. The highest BCUT2D eigenvalue weighted by molar-refractivity contribution is 6.52. The Hall–Kier alpha value is -2.34. The molecule has 21 heavy (non-hydrogen) atoms. The molecule has 0 atom stereocenters. The first-order chi connectivity index (χ1) is 10.3. The normalized spacial score (nSPS) is 18.5. The Morgan fingerprint density at radius 1 is 1.05 bits per heavy atom. The maximum Gasteiger partial charge on any atom is 0.256 e. The lowest BCUT2D eigenvalue weighted by Gasteiger charge is -2.23. The van der Waals surface area contributed by atoms with Crippen LogP contribution < -0.4 is 5.32 Å². The second-order valence-corrected chi connectivity index (χ2v) is 5.53. The van der Waals surface area contributed by atoms with E-state index in [1.54, 1.807) is 12.1 Å². The summed E-state index contributed by atoms with van der Waals surface area (Å²) in [6.45, 7) is 2.10. The summed E-state index contributed by atoms with van der Waals surface area (Å²) >= 11 is 0. The number of hydrogen-bond acceptors (Lipinski definition) is 4. The van der Waals surface area contributed by atoms with E-state index in [2.05, 4.69) is 15.6 Å². The Morgan fingerprint density at radius 2 is 1.76 bits per heavy atom. The van der Waals surface area contributed by atoms with Crippen molar-refractivity contribution in [1.82, 2.24) is 15.0 Å². The van der Waals surface area contributed by atoms with Gasteiger partial charge < -0.3 is 5.32 Å². The van der Waals surface area contributed by atoms with Gasteiger partial charge in [-0.15, -0.1) is 5.10 Å². The van der Waals surface area contributed by atoms with E-state index in [4.69, 9.17) is 0 Å². The van der Waals surface area contributed by atoms with Gasteiger partial charge in [-0.05, 0) is 0 Å². The predicted molar refractivity (Wildman–Crippen MR) is 74.0 cm³/mol. The summed E-state index contributed by atoms with van der Waals surface area (Å²) in [7, 11) is 0. The molecule has 1 aliphatic heterocycles. The van der Waals surface area contributed by atoms with E-state index in [-0.39, 0.29) is 11.7 Å². The Morgan fingerprint density at radius 3 is 2.52 bits per heavy atom. The first kappa shape index (κ1) is 12.4. The molecule has 0 bridgehead atoms. The third-order valence-corrected chi connectivity index (χ3v) is 4.30. The lowest BCUT2D eigenvalue weighted by Crippen LogP contribution is -2.86. The topological polar surface area (TPSA) is 81.5 Å². The molecular formula is C15H15N4O2+. The fourth-order valence-electron chi connectivity index (χ4n) is 3.22. The molecule has 1 aliphatic carbocycles. The molecule has 0 saturated carbocycles. The Bertz CT molecular complexity index is 744. The second kappa shape index (κ2) is 4.60. The summed E-state index contributed by atoms with van der Waals surface area (Å²) in [4.78, 5) is 24.3. The maximum absolute atomic E-state index is 12.2. The molecule has 0 radical (unpaired) electrons. The molecular weight excluding hydrogens is 268 g/mol. The van der Waals surface area contributed by atoms with Crippen LogP contribution in [0, 0.1) is 0 Å². The van der Waals surface area contributed by atoms with Crippen molar-refractivity contribution in [2.75, 3.05) is 13.1 Å². The first-order valence-electron chi connectivity index (χ1n) is 7.22. The van der Waals surface area contributed by atoms with Gasteiger partial charge in [-0.1, -0.05) is 29.5 Å². The maximum atomic E-state index is 12.2. The van der Waals surface area contributed by atoms with Crippen molar-refractivity contribution in [3.8, 4) is 11.3 Å². The van der Waals surface area contributed by atoms with E-state index in [0.717, 1.165) is 31.5 Å². The number of ketones is 2. The molecule has 6 nitrogen and oxygen atoms in total. The molecule has 2 aliphatic rings. The van der Waals surface area contributed by atoms with E-state index in [9.17, 15) is 9.59 Å². The van der Waals surface area contributed by atoms with Crippen LogP contribution >= 0.6 is 0 Å². The average Bonchev–Trinajstić information content (AvgIpc) is 2.99. The van der Waals surface area contributed by atoms with Gasteiger partial charge in [0.05, 0.1) is 19.1 Å². The smallest absolute Gasteiger partial charge is 0.256 e. The number of benzene rings is 1. The number of aromatic nitrogens is 3. The van der Waals surface area contributed by atoms with Gasteiger partial charge in [0.2, 0.25) is 5.78 Å². The van der Waals surface area contributed by atoms with Crippen LogP contribution in [0.3, 0.4) is 0 Å². The van der Waals surface area contributed by atoms with Crippen LogP contribution in [0.15, 0.2) is 24.3 Å². The Labute approximate surface area is 121 Å². The van der Waals surface area contributed by atoms with Crippen molar-refractivity contribution in [3.63, 3.8) is 0 Å². The number of nitrogens with zero attached hydrogens (tertiary/aromatic N) is 3. The highest BCUT2D eigenvalue weighted by atomic mass is 16.2. The minimum Gasteiger partial charge on any atom is -0.346 e. The number of carbonyl (C=O) groups excluding carboxylic acids is 2. The Kier molecular flexibility index (Phi) is 2.71. The number of carbonyl (C=O) groups is 2. The highest BCUT2D eigenvalue weighted by Crippen LogP contribution is 2.34.